The summed E-state index contributed by atoms with van der Waals surface area (Å²) in [7, 11) is 0. The maximum Gasteiger partial charge on any atom is 0.187 e. The molecule has 2 aliphatic heterocycles. The highest BCUT2D eigenvalue weighted by atomic mass is 16.7. The van der Waals surface area contributed by atoms with E-state index in [1.54, 1.807) is 0 Å². The van der Waals surface area contributed by atoms with E-state index < -0.39 is 85.7 Å². The van der Waals surface area contributed by atoms with Crippen LogP contribution in [-0.4, -0.2) is 98.8 Å². The van der Waals surface area contributed by atoms with Gasteiger partial charge in [0.2, 0.25) is 0 Å². The van der Waals surface area contributed by atoms with Crippen LogP contribution in [0, 0.1) is 0 Å². The smallest absolute Gasteiger partial charge is 0.187 e. The average molecular weight is 1110 g/mol. The number of nitrogens with zero attached hydrogens (tertiary/aromatic N) is 12. The minimum Gasteiger partial charge on any atom is -0.368 e. The molecule has 9 rings (SSSR count). The molecule has 1 saturated carbocycles. The van der Waals surface area contributed by atoms with E-state index in [2.05, 4.69) is 40.1 Å². The van der Waals surface area contributed by atoms with Gasteiger partial charge in [-0.25, -0.2) is 0 Å². The second kappa shape index (κ2) is 31.4. The van der Waals surface area contributed by atoms with Gasteiger partial charge >= 0.3 is 0 Å². The molecule has 0 bridgehead atoms. The lowest BCUT2D eigenvalue weighted by molar-refractivity contribution is -0.343. The number of rotatable bonds is 28. The first kappa shape index (κ1) is 58.8. The second-order valence-corrected chi connectivity index (χ2v) is 19.8. The number of ether oxygens (including phenoxy) is 10. The van der Waals surface area contributed by atoms with Crippen LogP contribution in [0.15, 0.2) is 202 Å². The third-order valence-corrected chi connectivity index (χ3v) is 14.4. The Morgan fingerprint density at radius 2 is 0.610 bits per heavy atom. The van der Waals surface area contributed by atoms with Crippen molar-refractivity contribution in [3.05, 3.63) is 257 Å². The van der Waals surface area contributed by atoms with Gasteiger partial charge in [-0.05, 0) is 61.9 Å². The molecule has 22 nitrogen and oxygen atoms in total. The van der Waals surface area contributed by atoms with Crippen LogP contribution in [0.5, 0.6) is 0 Å². The first-order chi connectivity index (χ1) is 40.5. The lowest BCUT2D eigenvalue weighted by Crippen LogP contribution is -2.63. The Kier molecular flexibility index (Phi) is 22.5. The lowest BCUT2D eigenvalue weighted by atomic mass is 9.86. The topological polar surface area (TPSA) is 287 Å². The summed E-state index contributed by atoms with van der Waals surface area (Å²) < 4.78 is 68.8. The highest BCUT2D eigenvalue weighted by molar-refractivity contribution is 5.19. The molecule has 6 aromatic rings. The molecule has 3 fully saturated rings. The molecule has 3 aliphatic rings. The van der Waals surface area contributed by atoms with E-state index >= 15 is 0 Å². The SMILES string of the molecule is [N-]=[N+]=NC[C@@H]1O[C@@H](O[C@@H]2C[C@@H](O[C@H]3O[C@H](CN=[N+]=[N-])[C@@H](OCc4ccccc4)[C@H](OCc4ccccc4)[C@H]3OCc3ccccc3)[C@H](N=[N+]=[N-])C[C@H]2N=[N+]=[N-])[C@@H](OCc2ccccc2)[C@H](OCc2ccccc2)[C@H]1OCc1ccccc1. The molecule has 0 unspecified atom stereocenters. The summed E-state index contributed by atoms with van der Waals surface area (Å²) in [5.74, 6) is 0. The second-order valence-electron chi connectivity index (χ2n) is 19.8. The van der Waals surface area contributed by atoms with Crippen molar-refractivity contribution < 1.29 is 47.4 Å². The molecule has 22 heteroatoms. The molecule has 6 aromatic carbocycles. The normalized spacial score (nSPS) is 26.9. The summed E-state index contributed by atoms with van der Waals surface area (Å²) in [6.07, 6.45) is -12.2. The van der Waals surface area contributed by atoms with Crippen LogP contribution in [0.3, 0.4) is 0 Å². The van der Waals surface area contributed by atoms with Crippen molar-refractivity contribution in [1.82, 2.24) is 0 Å². The monoisotopic (exact) mass is 1110 g/mol. The van der Waals surface area contributed by atoms with Gasteiger partial charge in [-0.15, -0.1) is 0 Å². The van der Waals surface area contributed by atoms with Crippen molar-refractivity contribution in [2.24, 2.45) is 20.5 Å². The van der Waals surface area contributed by atoms with E-state index in [0.717, 1.165) is 33.4 Å². The Morgan fingerprint density at radius 3 is 0.878 bits per heavy atom. The van der Waals surface area contributed by atoms with Gasteiger partial charge in [0.1, 0.15) is 36.6 Å². The number of hydrogen-bond acceptors (Lipinski definition) is 14. The summed E-state index contributed by atoms with van der Waals surface area (Å²) in [4.78, 5) is 12.6. The quantitative estimate of drug-likeness (QED) is 0.0254. The summed E-state index contributed by atoms with van der Waals surface area (Å²) >= 11 is 0. The van der Waals surface area contributed by atoms with Gasteiger partial charge in [-0.3, -0.25) is 0 Å². The van der Waals surface area contributed by atoms with Crippen LogP contribution in [0.25, 0.3) is 41.8 Å². The summed E-state index contributed by atoms with van der Waals surface area (Å²) in [6.45, 7) is 0.453. The largest absolute Gasteiger partial charge is 0.368 e. The molecule has 0 aromatic heterocycles. The maximum atomic E-state index is 10.1. The highest BCUT2D eigenvalue weighted by Gasteiger charge is 2.53. The molecule has 424 valence electrons. The number of azide groups is 4. The Labute approximate surface area is 474 Å². The van der Waals surface area contributed by atoms with E-state index in [1.807, 2.05) is 182 Å². The first-order valence-corrected chi connectivity index (χ1v) is 27.1. The Bertz CT molecular complexity index is 2850. The van der Waals surface area contributed by atoms with Crippen molar-refractivity contribution in [3.8, 4) is 0 Å². The maximum absolute atomic E-state index is 10.1. The van der Waals surface area contributed by atoms with Gasteiger partial charge in [-0.1, -0.05) is 202 Å². The predicted molar refractivity (Wildman–Crippen MR) is 300 cm³/mol. The fraction of sp³-hybridized carbons (Fsp3) is 0.400. The Morgan fingerprint density at radius 1 is 0.341 bits per heavy atom. The fourth-order valence-electron chi connectivity index (χ4n) is 10.3. The molecule has 0 radical (unpaired) electrons. The minimum atomic E-state index is -1.28. The van der Waals surface area contributed by atoms with Crippen LogP contribution in [0.1, 0.15) is 46.2 Å². The van der Waals surface area contributed by atoms with Gasteiger partial charge in [0.25, 0.3) is 0 Å². The number of benzene rings is 6. The molecule has 2 heterocycles. The van der Waals surface area contributed by atoms with Crippen molar-refractivity contribution in [1.29, 1.82) is 0 Å². The molecule has 1 aliphatic carbocycles. The molecule has 0 N–H and O–H groups in total. The van der Waals surface area contributed by atoms with Crippen LogP contribution in [0.2, 0.25) is 0 Å². The van der Waals surface area contributed by atoms with Gasteiger partial charge in [0.05, 0.1) is 89.2 Å². The summed E-state index contributed by atoms with van der Waals surface area (Å²) in [5.41, 5.74) is 44.9. The fourth-order valence-corrected chi connectivity index (χ4v) is 10.3. The van der Waals surface area contributed by atoms with Gasteiger partial charge < -0.3 is 47.4 Å². The molecular weight excluding hydrogens is 1050 g/mol. The predicted octanol–water partition coefficient (Wildman–Crippen LogP) is 12.5. The van der Waals surface area contributed by atoms with E-state index in [0.29, 0.717) is 0 Å². The number of hydrogen-bond donors (Lipinski definition) is 0. The lowest BCUT2D eigenvalue weighted by Gasteiger charge is -2.49. The van der Waals surface area contributed by atoms with Crippen LogP contribution in [-0.2, 0) is 87.0 Å². The summed E-state index contributed by atoms with van der Waals surface area (Å²) in [5, 5.41) is 16.3. The molecule has 82 heavy (non-hydrogen) atoms. The zero-order valence-corrected chi connectivity index (χ0v) is 44.9. The van der Waals surface area contributed by atoms with Crippen molar-refractivity contribution in [3.63, 3.8) is 0 Å². The van der Waals surface area contributed by atoms with E-state index in [1.165, 1.54) is 0 Å². The van der Waals surface area contributed by atoms with Crippen LogP contribution >= 0.6 is 0 Å². The Balaban J connectivity index is 1.07. The van der Waals surface area contributed by atoms with Crippen LogP contribution in [0.4, 0.5) is 0 Å². The molecule has 0 spiro atoms. The zero-order valence-electron chi connectivity index (χ0n) is 44.9. The molecular formula is C60H64N12O10. The first-order valence-electron chi connectivity index (χ1n) is 27.1. The van der Waals surface area contributed by atoms with Crippen molar-refractivity contribution in [2.75, 3.05) is 13.1 Å². The third-order valence-electron chi connectivity index (χ3n) is 14.4. The molecule has 0 amide bonds. The average Bonchev–Trinajstić information content (AvgIpc) is 3.67. The Hall–Kier alpha value is -7.84. The van der Waals surface area contributed by atoms with Gasteiger partial charge in [0.15, 0.2) is 12.6 Å². The van der Waals surface area contributed by atoms with E-state index in [9.17, 15) is 22.1 Å². The van der Waals surface area contributed by atoms with Gasteiger partial charge in [0, 0.05) is 26.1 Å². The zero-order chi connectivity index (χ0) is 56.6. The van der Waals surface area contributed by atoms with E-state index in [-0.39, 0.29) is 65.6 Å². The van der Waals surface area contributed by atoms with Crippen molar-refractivity contribution >= 4 is 0 Å². The minimum absolute atomic E-state index is 0.0359. The van der Waals surface area contributed by atoms with Crippen molar-refractivity contribution in [2.45, 2.75) is 138 Å². The summed E-state index contributed by atoms with van der Waals surface area (Å²) in [6, 6.07) is 55.8. The van der Waals surface area contributed by atoms with Gasteiger partial charge in [-0.2, -0.15) is 0 Å². The van der Waals surface area contributed by atoms with Crippen LogP contribution < -0.4 is 0 Å². The molecule has 14 atom stereocenters. The standard InChI is InChI=1S/C60H64N12O10/c61-69-65-33-51-53(73-35-41-19-7-1-8-20-41)55(75-37-43-23-11-3-12-24-43)57(77-39-45-27-15-5-16-28-45)59(81-51)79-49-32-50(48(68-72-64)31-47(49)67-71-63)80-60-58(78-40-46-29-17-6-18-30-46)56(76-38-44-25-13-4-14-26-44)54(52(82-60)34-66-70-62)74-36-42-21-9-2-10-22-42/h1-30,47-60H,31-40H2/t47-,48-,49-,50-,51-,52+,53-,54+,55+,56-,57-,58+,59+,60-/m1/s1. The van der Waals surface area contributed by atoms with E-state index in [4.69, 9.17) is 47.4 Å². The molecule has 2 saturated heterocycles. The highest BCUT2D eigenvalue weighted by Crippen LogP contribution is 2.39. The third kappa shape index (κ3) is 16.6.